The lowest BCUT2D eigenvalue weighted by Gasteiger charge is -2.11. The highest BCUT2D eigenvalue weighted by Crippen LogP contribution is 2.18. The Bertz CT molecular complexity index is 689. The molecular formula is C9H14N2O6S3. The van der Waals surface area contributed by atoms with Gasteiger partial charge in [-0.25, -0.2) is 30.7 Å². The summed E-state index contributed by atoms with van der Waals surface area (Å²) >= 11 is 0.783. The molecule has 2 N–H and O–H groups in total. The minimum absolute atomic E-state index is 0.105. The average Bonchev–Trinajstić information content (AvgIpc) is 2.77. The van der Waals surface area contributed by atoms with Gasteiger partial charge in [0.25, 0.3) is 0 Å². The molecule has 0 radical (unpaired) electrons. The normalized spacial score (nSPS) is 12.8. The summed E-state index contributed by atoms with van der Waals surface area (Å²) < 4.78 is 49.7. The number of hydrogen-bond donors (Lipinski definition) is 2. The zero-order chi connectivity index (χ0) is 15.6. The van der Waals surface area contributed by atoms with Gasteiger partial charge in [-0.2, -0.15) is 0 Å². The molecule has 20 heavy (non-hydrogen) atoms. The van der Waals surface area contributed by atoms with E-state index in [2.05, 4.69) is 4.72 Å². The number of rotatable bonds is 7. The number of sulfonamides is 2. The number of nitrogens with one attached hydrogen (secondary N) is 1. The van der Waals surface area contributed by atoms with E-state index >= 15 is 0 Å². The van der Waals surface area contributed by atoms with Gasteiger partial charge in [-0.15, -0.1) is 11.3 Å². The van der Waals surface area contributed by atoms with E-state index in [1.807, 2.05) is 0 Å². The van der Waals surface area contributed by atoms with Crippen LogP contribution in [0.25, 0.3) is 0 Å². The Hall–Kier alpha value is -1.01. The third-order valence-electron chi connectivity index (χ3n) is 2.30. The summed E-state index contributed by atoms with van der Waals surface area (Å²) in [7, 11) is -4.71. The Kier molecular flexibility index (Phi) is 5.27. The Morgan fingerprint density at radius 3 is 2.40 bits per heavy atom. The number of carbonyl (C=O) groups is 1. The monoisotopic (exact) mass is 342 g/mol. The number of carboxylic acid groups (broad SMARTS) is 1. The third kappa shape index (κ3) is 4.24. The summed E-state index contributed by atoms with van der Waals surface area (Å²) in [6.07, 6.45) is 0. The molecule has 0 unspecified atom stereocenters. The second-order valence-corrected chi connectivity index (χ2v) is 8.93. The Morgan fingerprint density at radius 2 is 1.95 bits per heavy atom. The fourth-order valence-electron chi connectivity index (χ4n) is 1.14. The summed E-state index contributed by atoms with van der Waals surface area (Å²) in [5.74, 6) is -1.60. The van der Waals surface area contributed by atoms with Gasteiger partial charge in [-0.05, 0) is 6.07 Å². The lowest BCUT2D eigenvalue weighted by atomic mass is 10.5. The zero-order valence-electron chi connectivity index (χ0n) is 10.7. The number of carboxylic acids is 1. The van der Waals surface area contributed by atoms with Gasteiger partial charge in [0.1, 0.15) is 4.88 Å². The van der Waals surface area contributed by atoms with Gasteiger partial charge in [0, 0.05) is 26.0 Å². The maximum atomic E-state index is 11.8. The maximum Gasteiger partial charge on any atom is 0.345 e. The Balaban J connectivity index is 2.73. The highest BCUT2D eigenvalue weighted by molar-refractivity contribution is 7.90. The molecule has 1 heterocycles. The first-order chi connectivity index (χ1) is 9.06. The number of aromatic carboxylic acids is 1. The Labute approximate surface area is 121 Å². The van der Waals surface area contributed by atoms with E-state index in [4.69, 9.17) is 5.11 Å². The van der Waals surface area contributed by atoms with E-state index in [0.717, 1.165) is 21.7 Å². The predicted octanol–water partition coefficient (Wildman–Crippen LogP) is -0.384. The molecular weight excluding hydrogens is 328 g/mol. The molecule has 0 amide bonds. The summed E-state index contributed by atoms with van der Waals surface area (Å²) in [6, 6.07) is 1.02. The molecule has 0 aliphatic carbocycles. The van der Waals surface area contributed by atoms with Gasteiger partial charge < -0.3 is 5.11 Å². The van der Waals surface area contributed by atoms with Crippen molar-refractivity contribution < 1.29 is 26.7 Å². The molecule has 11 heteroatoms. The van der Waals surface area contributed by atoms with Crippen molar-refractivity contribution in [3.05, 3.63) is 16.3 Å². The topological polar surface area (TPSA) is 121 Å². The first kappa shape index (κ1) is 17.0. The quantitative estimate of drug-likeness (QED) is 0.696. The summed E-state index contributed by atoms with van der Waals surface area (Å²) in [5, 5.41) is 9.90. The van der Waals surface area contributed by atoms with Crippen molar-refractivity contribution >= 4 is 37.4 Å². The van der Waals surface area contributed by atoms with Crippen LogP contribution in [0.3, 0.4) is 0 Å². The third-order valence-corrected chi connectivity index (χ3v) is 6.65. The average molecular weight is 342 g/mol. The summed E-state index contributed by atoms with van der Waals surface area (Å²) in [5.41, 5.74) is 0. The lowest BCUT2D eigenvalue weighted by Crippen LogP contribution is -2.33. The smallest absolute Gasteiger partial charge is 0.345 e. The van der Waals surface area contributed by atoms with E-state index in [1.54, 1.807) is 0 Å². The van der Waals surface area contributed by atoms with E-state index in [9.17, 15) is 21.6 Å². The predicted molar refractivity (Wildman–Crippen MR) is 73.9 cm³/mol. The molecule has 0 spiro atoms. The van der Waals surface area contributed by atoms with Crippen molar-refractivity contribution in [2.24, 2.45) is 0 Å². The van der Waals surface area contributed by atoms with Crippen LogP contribution >= 0.6 is 11.3 Å². The van der Waals surface area contributed by atoms with Gasteiger partial charge in [-0.1, -0.05) is 0 Å². The van der Waals surface area contributed by atoms with Crippen molar-refractivity contribution in [2.45, 2.75) is 4.90 Å². The number of nitrogens with zero attached hydrogens (tertiary/aromatic N) is 1. The molecule has 114 valence electrons. The van der Waals surface area contributed by atoms with Crippen LogP contribution in [0.5, 0.6) is 0 Å². The molecule has 0 saturated carbocycles. The second-order valence-electron chi connectivity index (χ2n) is 3.95. The molecule has 1 aromatic rings. The van der Waals surface area contributed by atoms with Gasteiger partial charge in [0.05, 0.1) is 10.6 Å². The van der Waals surface area contributed by atoms with Crippen LogP contribution in [0.1, 0.15) is 9.67 Å². The molecule has 0 bridgehead atoms. The van der Waals surface area contributed by atoms with E-state index in [1.165, 1.54) is 19.5 Å². The largest absolute Gasteiger partial charge is 0.477 e. The molecule has 1 rings (SSSR count). The van der Waals surface area contributed by atoms with Crippen molar-refractivity contribution in [1.29, 1.82) is 0 Å². The first-order valence-corrected chi connectivity index (χ1v) is 9.25. The van der Waals surface area contributed by atoms with Crippen molar-refractivity contribution in [1.82, 2.24) is 9.03 Å². The van der Waals surface area contributed by atoms with Gasteiger partial charge in [0.2, 0.25) is 20.0 Å². The van der Waals surface area contributed by atoms with Crippen LogP contribution in [0.2, 0.25) is 0 Å². The minimum atomic E-state index is -3.91. The maximum absolute atomic E-state index is 11.8. The fourth-order valence-corrected chi connectivity index (χ4v) is 4.14. The first-order valence-electron chi connectivity index (χ1n) is 5.28. The van der Waals surface area contributed by atoms with E-state index in [-0.39, 0.29) is 22.1 Å². The molecule has 0 atom stereocenters. The van der Waals surface area contributed by atoms with Crippen LogP contribution in [0, 0.1) is 0 Å². The number of hydrogen-bond acceptors (Lipinski definition) is 6. The minimum Gasteiger partial charge on any atom is -0.477 e. The van der Waals surface area contributed by atoms with Crippen molar-refractivity contribution in [2.75, 3.05) is 26.4 Å². The van der Waals surface area contributed by atoms with Crippen LogP contribution in [-0.4, -0.2) is 58.6 Å². The summed E-state index contributed by atoms with van der Waals surface area (Å²) in [4.78, 5) is 10.4. The molecule has 0 saturated heterocycles. The van der Waals surface area contributed by atoms with E-state index in [0.29, 0.717) is 0 Å². The highest BCUT2D eigenvalue weighted by Gasteiger charge is 2.20. The standard InChI is InChI=1S/C9H14N2O6S3/c1-11(2)19(14,15)4-3-10-20(16,17)7-5-8(9(12)13)18-6-7/h5-6,10H,3-4H2,1-2H3,(H,12,13). The van der Waals surface area contributed by atoms with Crippen LogP contribution in [0.15, 0.2) is 16.3 Å². The van der Waals surface area contributed by atoms with Crippen LogP contribution in [-0.2, 0) is 20.0 Å². The van der Waals surface area contributed by atoms with Gasteiger partial charge in [0.15, 0.2) is 0 Å². The highest BCUT2D eigenvalue weighted by atomic mass is 32.2. The molecule has 0 aliphatic rings. The van der Waals surface area contributed by atoms with Gasteiger partial charge >= 0.3 is 5.97 Å². The van der Waals surface area contributed by atoms with Crippen molar-refractivity contribution in [3.8, 4) is 0 Å². The molecule has 0 aromatic carbocycles. The fraction of sp³-hybridized carbons (Fsp3) is 0.444. The van der Waals surface area contributed by atoms with Crippen LogP contribution < -0.4 is 4.72 Å². The molecule has 8 nitrogen and oxygen atoms in total. The Morgan fingerprint density at radius 1 is 1.35 bits per heavy atom. The SMILES string of the molecule is CN(C)S(=O)(=O)CCNS(=O)(=O)c1csc(C(=O)O)c1. The van der Waals surface area contributed by atoms with Crippen molar-refractivity contribution in [3.63, 3.8) is 0 Å². The second kappa shape index (κ2) is 6.18. The van der Waals surface area contributed by atoms with Gasteiger partial charge in [-0.3, -0.25) is 0 Å². The molecule has 0 fully saturated rings. The summed E-state index contributed by atoms with van der Waals surface area (Å²) in [6.45, 7) is -0.291. The lowest BCUT2D eigenvalue weighted by molar-refractivity contribution is 0.0702. The van der Waals surface area contributed by atoms with Crippen LogP contribution in [0.4, 0.5) is 0 Å². The zero-order valence-corrected chi connectivity index (χ0v) is 13.2. The van der Waals surface area contributed by atoms with E-state index < -0.39 is 26.0 Å². The molecule has 0 aliphatic heterocycles. The number of thiophene rings is 1. The molecule has 1 aromatic heterocycles.